The number of hydrogen-bond acceptors (Lipinski definition) is 3. The number of hydrogen-bond donors (Lipinski definition) is 1. The maximum Gasteiger partial charge on any atom is 0.316 e. The van der Waals surface area contributed by atoms with E-state index in [1.54, 1.807) is 28.3 Å². The Balaban J connectivity index is 2.71. The lowest BCUT2D eigenvalue weighted by molar-refractivity contribution is 0.217. The maximum absolute atomic E-state index is 11.4. The van der Waals surface area contributed by atoms with Crippen LogP contribution in [0.4, 0.5) is 4.79 Å². The Labute approximate surface area is 114 Å². The van der Waals surface area contributed by atoms with Crippen molar-refractivity contribution in [2.45, 2.75) is 13.3 Å². The average Bonchev–Trinajstić information content (AvgIpc) is 2.39. The van der Waals surface area contributed by atoms with Crippen LogP contribution >= 0.6 is 0 Å². The van der Waals surface area contributed by atoms with Gasteiger partial charge in [0.1, 0.15) is 0 Å². The quantitative estimate of drug-likeness (QED) is 0.884. The summed E-state index contributed by atoms with van der Waals surface area (Å²) < 4.78 is 10.5. The van der Waals surface area contributed by atoms with Gasteiger partial charge in [-0.15, -0.1) is 0 Å². The zero-order valence-corrected chi connectivity index (χ0v) is 12.2. The fourth-order valence-electron chi connectivity index (χ4n) is 1.75. The summed E-state index contributed by atoms with van der Waals surface area (Å²) in [6.45, 7) is 2.61. The van der Waals surface area contributed by atoms with E-state index in [2.05, 4.69) is 5.32 Å². The minimum absolute atomic E-state index is 0.0851. The van der Waals surface area contributed by atoms with Gasteiger partial charge >= 0.3 is 6.03 Å². The van der Waals surface area contributed by atoms with Crippen molar-refractivity contribution in [3.05, 3.63) is 23.3 Å². The summed E-state index contributed by atoms with van der Waals surface area (Å²) in [5.74, 6) is 1.43. The molecule has 19 heavy (non-hydrogen) atoms. The normalized spacial score (nSPS) is 9.95. The Hall–Kier alpha value is -1.91. The van der Waals surface area contributed by atoms with Gasteiger partial charge in [0.15, 0.2) is 11.5 Å². The highest BCUT2D eigenvalue weighted by Gasteiger charge is 2.09. The van der Waals surface area contributed by atoms with E-state index in [9.17, 15) is 4.79 Å². The number of aryl methyl sites for hydroxylation is 1. The zero-order valence-electron chi connectivity index (χ0n) is 12.2. The second-order valence-corrected chi connectivity index (χ2v) is 4.51. The Morgan fingerprint density at radius 3 is 2.32 bits per heavy atom. The first-order chi connectivity index (χ1) is 8.99. The number of carbonyl (C=O) groups is 1. The third-order valence-electron chi connectivity index (χ3n) is 2.92. The second kappa shape index (κ2) is 6.87. The minimum atomic E-state index is -0.0851. The van der Waals surface area contributed by atoms with Crippen molar-refractivity contribution in [3.8, 4) is 11.5 Å². The fraction of sp³-hybridized carbons (Fsp3) is 0.500. The van der Waals surface area contributed by atoms with E-state index in [0.717, 1.165) is 23.3 Å². The molecule has 0 aliphatic heterocycles. The monoisotopic (exact) mass is 266 g/mol. The van der Waals surface area contributed by atoms with Crippen LogP contribution in [-0.2, 0) is 6.42 Å². The third-order valence-corrected chi connectivity index (χ3v) is 2.92. The molecule has 0 fully saturated rings. The lowest BCUT2D eigenvalue weighted by Gasteiger charge is -2.14. The van der Waals surface area contributed by atoms with Crippen molar-refractivity contribution >= 4 is 6.03 Å². The van der Waals surface area contributed by atoms with E-state index in [0.29, 0.717) is 12.3 Å². The lowest BCUT2D eigenvalue weighted by Crippen LogP contribution is -2.35. The van der Waals surface area contributed by atoms with Gasteiger partial charge in [-0.25, -0.2) is 4.79 Å². The topological polar surface area (TPSA) is 50.8 Å². The molecule has 2 amide bonds. The summed E-state index contributed by atoms with van der Waals surface area (Å²) in [7, 11) is 6.67. The van der Waals surface area contributed by atoms with Crippen molar-refractivity contribution in [2.24, 2.45) is 0 Å². The molecule has 0 unspecified atom stereocenters. The molecule has 0 atom stereocenters. The number of nitrogens with one attached hydrogen (secondary N) is 1. The Bertz CT molecular complexity index is 445. The maximum atomic E-state index is 11.4. The van der Waals surface area contributed by atoms with Crippen LogP contribution in [0.1, 0.15) is 11.1 Å². The van der Waals surface area contributed by atoms with E-state index in [1.807, 2.05) is 19.1 Å². The highest BCUT2D eigenvalue weighted by atomic mass is 16.5. The largest absolute Gasteiger partial charge is 0.493 e. The van der Waals surface area contributed by atoms with Gasteiger partial charge in [-0.1, -0.05) is 0 Å². The molecule has 1 N–H and O–H groups in total. The molecule has 1 rings (SSSR count). The molecule has 0 bridgehead atoms. The van der Waals surface area contributed by atoms with Crippen molar-refractivity contribution in [3.63, 3.8) is 0 Å². The summed E-state index contributed by atoms with van der Waals surface area (Å²) in [4.78, 5) is 12.9. The Morgan fingerprint density at radius 1 is 1.21 bits per heavy atom. The molecule has 0 spiro atoms. The smallest absolute Gasteiger partial charge is 0.316 e. The van der Waals surface area contributed by atoms with Crippen LogP contribution in [-0.4, -0.2) is 45.8 Å². The number of ether oxygens (including phenoxy) is 2. The molecular weight excluding hydrogens is 244 g/mol. The molecule has 1 aromatic carbocycles. The van der Waals surface area contributed by atoms with E-state index >= 15 is 0 Å². The number of urea groups is 1. The zero-order chi connectivity index (χ0) is 14.4. The number of rotatable bonds is 5. The number of nitrogens with zero attached hydrogens (tertiary/aromatic N) is 1. The van der Waals surface area contributed by atoms with E-state index in [-0.39, 0.29) is 6.03 Å². The molecular formula is C14H22N2O3. The molecule has 0 heterocycles. The molecule has 106 valence electrons. The van der Waals surface area contributed by atoms with Crippen molar-refractivity contribution in [1.82, 2.24) is 10.2 Å². The van der Waals surface area contributed by atoms with Gasteiger partial charge in [0.05, 0.1) is 14.2 Å². The van der Waals surface area contributed by atoms with E-state index in [1.165, 1.54) is 4.90 Å². The molecule has 0 radical (unpaired) electrons. The number of methoxy groups -OCH3 is 2. The third kappa shape index (κ3) is 4.05. The predicted molar refractivity (Wildman–Crippen MR) is 75.1 cm³/mol. The molecule has 0 aromatic heterocycles. The van der Waals surface area contributed by atoms with Gasteiger partial charge in [-0.05, 0) is 36.6 Å². The molecule has 0 aliphatic carbocycles. The Morgan fingerprint density at radius 2 is 1.79 bits per heavy atom. The number of amides is 2. The van der Waals surface area contributed by atoms with Crippen LogP contribution in [0.2, 0.25) is 0 Å². The van der Waals surface area contributed by atoms with Crippen molar-refractivity contribution in [2.75, 3.05) is 34.9 Å². The van der Waals surface area contributed by atoms with Crippen LogP contribution in [0.3, 0.4) is 0 Å². The highest BCUT2D eigenvalue weighted by molar-refractivity contribution is 5.73. The number of benzene rings is 1. The molecule has 5 nitrogen and oxygen atoms in total. The lowest BCUT2D eigenvalue weighted by atomic mass is 10.0. The summed E-state index contributed by atoms with van der Waals surface area (Å²) >= 11 is 0. The van der Waals surface area contributed by atoms with Gasteiger partial charge in [0.25, 0.3) is 0 Å². The molecule has 1 aromatic rings. The van der Waals surface area contributed by atoms with Crippen molar-refractivity contribution in [1.29, 1.82) is 0 Å². The molecule has 5 heteroatoms. The summed E-state index contributed by atoms with van der Waals surface area (Å²) in [6.07, 6.45) is 0.756. The van der Waals surface area contributed by atoms with Crippen LogP contribution in [0.25, 0.3) is 0 Å². The first-order valence-corrected chi connectivity index (χ1v) is 6.16. The Kier molecular flexibility index (Phi) is 5.48. The fourth-order valence-corrected chi connectivity index (χ4v) is 1.75. The van der Waals surface area contributed by atoms with Gasteiger partial charge in [-0.3, -0.25) is 0 Å². The van der Waals surface area contributed by atoms with E-state index in [4.69, 9.17) is 9.47 Å². The summed E-state index contributed by atoms with van der Waals surface area (Å²) in [5.41, 5.74) is 2.26. The number of carbonyl (C=O) groups excluding carboxylic acids is 1. The molecule has 0 saturated carbocycles. The van der Waals surface area contributed by atoms with Crippen LogP contribution in [0, 0.1) is 6.92 Å². The summed E-state index contributed by atoms with van der Waals surface area (Å²) in [6, 6.07) is 3.82. The first-order valence-electron chi connectivity index (χ1n) is 6.16. The van der Waals surface area contributed by atoms with Crippen molar-refractivity contribution < 1.29 is 14.3 Å². The van der Waals surface area contributed by atoms with Gasteiger partial charge in [0.2, 0.25) is 0 Å². The van der Waals surface area contributed by atoms with Gasteiger partial charge < -0.3 is 19.7 Å². The second-order valence-electron chi connectivity index (χ2n) is 4.51. The first kappa shape index (κ1) is 15.1. The average molecular weight is 266 g/mol. The summed E-state index contributed by atoms with van der Waals surface area (Å²) in [5, 5.41) is 2.84. The van der Waals surface area contributed by atoms with Gasteiger partial charge in [-0.2, -0.15) is 0 Å². The van der Waals surface area contributed by atoms with E-state index < -0.39 is 0 Å². The standard InChI is InChI=1S/C14H22N2O3/c1-10-8-12(18-4)13(19-5)9-11(10)6-7-15-14(17)16(2)3/h8-9H,6-7H2,1-5H3,(H,15,17). The van der Waals surface area contributed by atoms with Crippen LogP contribution in [0.15, 0.2) is 12.1 Å². The molecule has 0 aliphatic rings. The van der Waals surface area contributed by atoms with Crippen LogP contribution in [0.5, 0.6) is 11.5 Å². The molecule has 0 saturated heterocycles. The minimum Gasteiger partial charge on any atom is -0.493 e. The SMILES string of the molecule is COc1cc(C)c(CCNC(=O)N(C)C)cc1OC. The highest BCUT2D eigenvalue weighted by Crippen LogP contribution is 2.30. The van der Waals surface area contributed by atoms with Gasteiger partial charge in [0, 0.05) is 20.6 Å². The van der Waals surface area contributed by atoms with Crippen LogP contribution < -0.4 is 14.8 Å². The predicted octanol–water partition coefficient (Wildman–Crippen LogP) is 1.83.